The van der Waals surface area contributed by atoms with Gasteiger partial charge in [-0.3, -0.25) is 0 Å². The van der Waals surface area contributed by atoms with Crippen molar-refractivity contribution in [2.24, 2.45) is 0 Å². The van der Waals surface area contributed by atoms with E-state index in [1.165, 1.54) is 0 Å². The maximum absolute atomic E-state index is 5.87. The van der Waals surface area contributed by atoms with Crippen LogP contribution in [0.3, 0.4) is 0 Å². The summed E-state index contributed by atoms with van der Waals surface area (Å²) in [5, 5.41) is 0.711. The average molecular weight is 292 g/mol. The van der Waals surface area contributed by atoms with Gasteiger partial charge in [0.1, 0.15) is 0 Å². The van der Waals surface area contributed by atoms with Crippen molar-refractivity contribution in [2.45, 2.75) is 0 Å². The first-order chi connectivity index (χ1) is 7.74. The van der Waals surface area contributed by atoms with Crippen molar-refractivity contribution in [3.05, 3.63) is 69.2 Å². The minimum Gasteiger partial charge on any atom is -0.0843 e. The molecule has 0 spiro atoms. The second-order valence-electron chi connectivity index (χ2n) is 3.27. The first-order valence-electron chi connectivity index (χ1n) is 4.77. The summed E-state index contributed by atoms with van der Waals surface area (Å²) in [4.78, 5) is 0. The maximum atomic E-state index is 5.87. The zero-order chi connectivity index (χ0) is 11.4. The van der Waals surface area contributed by atoms with Gasteiger partial charge in [-0.2, -0.15) is 0 Å². The fourth-order valence-electron chi connectivity index (χ4n) is 1.24. The monoisotopic (exact) mass is 290 g/mol. The molecule has 0 saturated heterocycles. The first-order valence-corrected chi connectivity index (χ1v) is 5.94. The van der Waals surface area contributed by atoms with Crippen LogP contribution in [-0.2, 0) is 0 Å². The van der Waals surface area contributed by atoms with Gasteiger partial charge < -0.3 is 0 Å². The van der Waals surface area contributed by atoms with Crippen LogP contribution >= 0.6 is 27.5 Å². The molecule has 0 aromatic heterocycles. The van der Waals surface area contributed by atoms with Gasteiger partial charge >= 0.3 is 0 Å². The summed E-state index contributed by atoms with van der Waals surface area (Å²) in [6, 6.07) is 15.4. The highest BCUT2D eigenvalue weighted by atomic mass is 79.9. The molecule has 78 valence electrons. The molecule has 0 radical (unpaired) electrons. The van der Waals surface area contributed by atoms with Gasteiger partial charge in [0, 0.05) is 20.6 Å². The first kappa shape index (κ1) is 11.3. The van der Waals surface area contributed by atoms with E-state index in [4.69, 9.17) is 11.6 Å². The van der Waals surface area contributed by atoms with E-state index in [9.17, 15) is 0 Å². The van der Waals surface area contributed by atoms with Crippen LogP contribution in [0.15, 0.2) is 53.0 Å². The van der Waals surface area contributed by atoms with Crippen molar-refractivity contribution in [2.75, 3.05) is 0 Å². The zero-order valence-corrected chi connectivity index (χ0v) is 10.7. The molecule has 0 aliphatic rings. The summed E-state index contributed by atoms with van der Waals surface area (Å²) in [6.45, 7) is 0. The lowest BCUT2D eigenvalue weighted by molar-refractivity contribution is 1.59. The fraction of sp³-hybridized carbons (Fsp3) is 0. The molecule has 16 heavy (non-hydrogen) atoms. The van der Waals surface area contributed by atoms with Crippen LogP contribution in [0.1, 0.15) is 11.1 Å². The van der Waals surface area contributed by atoms with Crippen molar-refractivity contribution in [1.29, 1.82) is 0 Å². The van der Waals surface area contributed by atoms with Crippen molar-refractivity contribution >= 4 is 27.5 Å². The summed E-state index contributed by atoms with van der Waals surface area (Å²) in [5.41, 5.74) is 1.92. The van der Waals surface area contributed by atoms with E-state index in [2.05, 4.69) is 27.8 Å². The van der Waals surface area contributed by atoms with Crippen molar-refractivity contribution in [3.8, 4) is 11.8 Å². The second-order valence-corrected chi connectivity index (χ2v) is 4.62. The van der Waals surface area contributed by atoms with E-state index in [0.717, 1.165) is 15.6 Å². The van der Waals surface area contributed by atoms with Crippen LogP contribution < -0.4 is 0 Å². The Hall–Kier alpha value is -1.23. The molecule has 0 unspecified atom stereocenters. The number of hydrogen-bond acceptors (Lipinski definition) is 0. The molecule has 0 aliphatic heterocycles. The molecular weight excluding hydrogens is 284 g/mol. The zero-order valence-electron chi connectivity index (χ0n) is 8.37. The topological polar surface area (TPSA) is 0 Å². The highest BCUT2D eigenvalue weighted by Crippen LogP contribution is 2.11. The predicted molar refractivity (Wildman–Crippen MR) is 71.6 cm³/mol. The SMILES string of the molecule is Clc1cccc(C#Cc2ccc(Br)cc2)c1. The van der Waals surface area contributed by atoms with Gasteiger partial charge in [0.05, 0.1) is 0 Å². The van der Waals surface area contributed by atoms with Crippen molar-refractivity contribution in [3.63, 3.8) is 0 Å². The lowest BCUT2D eigenvalue weighted by Crippen LogP contribution is -1.75. The van der Waals surface area contributed by atoms with Gasteiger partial charge in [-0.25, -0.2) is 0 Å². The van der Waals surface area contributed by atoms with E-state index in [-0.39, 0.29) is 0 Å². The summed E-state index contributed by atoms with van der Waals surface area (Å²) in [6.07, 6.45) is 0. The Morgan fingerprint density at radius 2 is 1.56 bits per heavy atom. The minimum absolute atomic E-state index is 0.711. The van der Waals surface area contributed by atoms with Crippen molar-refractivity contribution in [1.82, 2.24) is 0 Å². The summed E-state index contributed by atoms with van der Waals surface area (Å²) in [5.74, 6) is 6.16. The Bertz CT molecular complexity index is 547. The Morgan fingerprint density at radius 1 is 0.875 bits per heavy atom. The average Bonchev–Trinajstić information content (AvgIpc) is 2.28. The largest absolute Gasteiger partial charge is 0.0843 e. The molecule has 0 amide bonds. The molecule has 0 fully saturated rings. The summed E-state index contributed by atoms with van der Waals surface area (Å²) >= 11 is 9.26. The third kappa shape index (κ3) is 3.13. The Balaban J connectivity index is 2.25. The van der Waals surface area contributed by atoms with E-state index in [1.807, 2.05) is 48.5 Å². The number of benzene rings is 2. The summed E-state index contributed by atoms with van der Waals surface area (Å²) in [7, 11) is 0. The van der Waals surface area contributed by atoms with Gasteiger partial charge in [0.2, 0.25) is 0 Å². The third-order valence-electron chi connectivity index (χ3n) is 2.02. The molecule has 0 N–H and O–H groups in total. The fourth-order valence-corrected chi connectivity index (χ4v) is 1.70. The lowest BCUT2D eigenvalue weighted by atomic mass is 10.2. The lowest BCUT2D eigenvalue weighted by Gasteiger charge is -1.92. The van der Waals surface area contributed by atoms with Gasteiger partial charge in [0.25, 0.3) is 0 Å². The van der Waals surface area contributed by atoms with Gasteiger partial charge in [0.15, 0.2) is 0 Å². The molecule has 0 atom stereocenters. The molecule has 0 aliphatic carbocycles. The Morgan fingerprint density at radius 3 is 2.25 bits per heavy atom. The molecule has 2 aromatic carbocycles. The van der Waals surface area contributed by atoms with Crippen molar-refractivity contribution < 1.29 is 0 Å². The molecule has 2 rings (SSSR count). The number of rotatable bonds is 0. The van der Waals surface area contributed by atoms with E-state index in [1.54, 1.807) is 0 Å². The molecule has 2 aromatic rings. The van der Waals surface area contributed by atoms with Gasteiger partial charge in [-0.1, -0.05) is 45.4 Å². The van der Waals surface area contributed by atoms with E-state index in [0.29, 0.717) is 5.02 Å². The number of hydrogen-bond donors (Lipinski definition) is 0. The molecule has 0 bridgehead atoms. The molecule has 0 heterocycles. The van der Waals surface area contributed by atoms with Crippen LogP contribution in [0, 0.1) is 11.8 Å². The van der Waals surface area contributed by atoms with Gasteiger partial charge in [-0.15, -0.1) is 0 Å². The highest BCUT2D eigenvalue weighted by Gasteiger charge is 1.89. The van der Waals surface area contributed by atoms with Crippen LogP contribution in [0.5, 0.6) is 0 Å². The smallest absolute Gasteiger partial charge is 0.0418 e. The quantitative estimate of drug-likeness (QED) is 0.627. The maximum Gasteiger partial charge on any atom is 0.0418 e. The standard InChI is InChI=1S/C14H8BrCl/c15-13-8-6-11(7-9-13)4-5-12-2-1-3-14(16)10-12/h1-3,6-10H. The molecule has 2 heteroatoms. The van der Waals surface area contributed by atoms with Crippen LogP contribution in [0.25, 0.3) is 0 Å². The highest BCUT2D eigenvalue weighted by molar-refractivity contribution is 9.10. The normalized spacial score (nSPS) is 9.38. The molecule has 0 nitrogen and oxygen atoms in total. The third-order valence-corrected chi connectivity index (χ3v) is 2.78. The van der Waals surface area contributed by atoms with Crippen LogP contribution in [0.4, 0.5) is 0 Å². The Labute approximate surface area is 108 Å². The van der Waals surface area contributed by atoms with E-state index < -0.39 is 0 Å². The van der Waals surface area contributed by atoms with E-state index >= 15 is 0 Å². The van der Waals surface area contributed by atoms with Gasteiger partial charge in [-0.05, 0) is 42.5 Å². The molecular formula is C14H8BrCl. The Kier molecular flexibility index (Phi) is 3.66. The minimum atomic E-state index is 0.711. The second kappa shape index (κ2) is 5.21. The van der Waals surface area contributed by atoms with Crippen LogP contribution in [-0.4, -0.2) is 0 Å². The number of halogens is 2. The summed E-state index contributed by atoms with van der Waals surface area (Å²) < 4.78 is 1.06. The predicted octanol–water partition coefficient (Wildman–Crippen LogP) is 4.50. The van der Waals surface area contributed by atoms with Crippen LogP contribution in [0.2, 0.25) is 5.02 Å². The molecule has 0 saturated carbocycles.